The molecule has 7 nitrogen and oxygen atoms in total. The highest BCUT2D eigenvalue weighted by Gasteiger charge is 2.27. The van der Waals surface area contributed by atoms with Gasteiger partial charge in [-0.2, -0.15) is 5.10 Å². The number of rotatable bonds is 5. The Bertz CT molecular complexity index is 519. The van der Waals surface area contributed by atoms with Crippen molar-refractivity contribution in [3.05, 3.63) is 11.4 Å². The molecule has 1 aromatic heterocycles. The van der Waals surface area contributed by atoms with Crippen molar-refractivity contribution >= 4 is 17.5 Å². The predicted octanol–water partition coefficient (Wildman–Crippen LogP) is 0.512. The summed E-state index contributed by atoms with van der Waals surface area (Å²) in [6.45, 7) is 5.55. The van der Waals surface area contributed by atoms with Crippen LogP contribution in [0.25, 0.3) is 0 Å². The maximum Gasteiger partial charge on any atom is 0.274 e. The average molecular weight is 279 g/mol. The zero-order chi connectivity index (χ0) is 14.9. The molecule has 2 rings (SSSR count). The molecule has 2 amide bonds. The number of nitrogens with two attached hydrogens (primary N) is 1. The monoisotopic (exact) mass is 279 g/mol. The van der Waals surface area contributed by atoms with Gasteiger partial charge in [0.05, 0.1) is 11.4 Å². The fourth-order valence-corrected chi connectivity index (χ4v) is 1.86. The Hall–Kier alpha value is -2.05. The zero-order valence-electron chi connectivity index (χ0n) is 12.0. The molecule has 0 bridgehead atoms. The summed E-state index contributed by atoms with van der Waals surface area (Å²) in [6, 6.07) is -0.341. The fourth-order valence-electron chi connectivity index (χ4n) is 1.86. The van der Waals surface area contributed by atoms with E-state index in [-0.39, 0.29) is 23.6 Å². The van der Waals surface area contributed by atoms with Crippen LogP contribution in [-0.2, 0) is 4.79 Å². The van der Waals surface area contributed by atoms with E-state index < -0.39 is 11.9 Å². The second kappa shape index (κ2) is 5.52. The fraction of sp³-hybridized carbons (Fsp3) is 0.615. The molecule has 1 saturated carbocycles. The number of nitrogens with zero attached hydrogens (tertiary/aromatic N) is 1. The van der Waals surface area contributed by atoms with Gasteiger partial charge in [0.2, 0.25) is 5.91 Å². The molecule has 0 spiro atoms. The number of anilines is 1. The van der Waals surface area contributed by atoms with Crippen LogP contribution in [0.1, 0.15) is 55.7 Å². The summed E-state index contributed by atoms with van der Waals surface area (Å²) in [4.78, 5) is 23.8. The van der Waals surface area contributed by atoms with Crippen molar-refractivity contribution in [3.63, 3.8) is 0 Å². The first-order chi connectivity index (χ1) is 9.40. The highest BCUT2D eigenvalue weighted by atomic mass is 16.2. The van der Waals surface area contributed by atoms with Gasteiger partial charge in [-0.05, 0) is 25.7 Å². The second-order valence-electron chi connectivity index (χ2n) is 5.53. The lowest BCUT2D eigenvalue weighted by atomic mass is 10.1. The number of H-pyrrole nitrogens is 1. The molecule has 0 saturated heterocycles. The molecule has 0 radical (unpaired) electrons. The first-order valence-corrected chi connectivity index (χ1v) is 6.85. The Morgan fingerprint density at radius 1 is 1.35 bits per heavy atom. The third-order valence-electron chi connectivity index (χ3n) is 3.29. The van der Waals surface area contributed by atoms with E-state index >= 15 is 0 Å². The lowest BCUT2D eigenvalue weighted by Gasteiger charge is -2.13. The van der Waals surface area contributed by atoms with Crippen molar-refractivity contribution < 1.29 is 9.59 Å². The minimum Gasteiger partial charge on any atom is -0.395 e. The Kier molecular flexibility index (Phi) is 3.96. The number of nitrogens with one attached hydrogen (secondary N) is 3. The summed E-state index contributed by atoms with van der Waals surface area (Å²) in [5, 5.41) is 12.1. The Morgan fingerprint density at radius 3 is 2.50 bits per heavy atom. The molecule has 1 aliphatic rings. The average Bonchev–Trinajstić information content (AvgIpc) is 3.08. The Labute approximate surface area is 117 Å². The van der Waals surface area contributed by atoms with Gasteiger partial charge in [-0.1, -0.05) is 13.8 Å². The van der Waals surface area contributed by atoms with Gasteiger partial charge >= 0.3 is 0 Å². The summed E-state index contributed by atoms with van der Waals surface area (Å²) in [5.74, 6) is -0.470. The number of hydrogen-bond acceptors (Lipinski definition) is 4. The molecule has 1 fully saturated rings. The predicted molar refractivity (Wildman–Crippen MR) is 75.2 cm³/mol. The summed E-state index contributed by atoms with van der Waals surface area (Å²) in [5.41, 5.74) is 7.10. The number of hydrogen-bond donors (Lipinski definition) is 4. The first-order valence-electron chi connectivity index (χ1n) is 6.85. The van der Waals surface area contributed by atoms with Gasteiger partial charge in [0.25, 0.3) is 5.91 Å². The van der Waals surface area contributed by atoms with E-state index in [1.54, 1.807) is 6.92 Å². The molecule has 1 heterocycles. The van der Waals surface area contributed by atoms with Crippen molar-refractivity contribution in [1.29, 1.82) is 0 Å². The van der Waals surface area contributed by atoms with Gasteiger partial charge < -0.3 is 16.4 Å². The van der Waals surface area contributed by atoms with Gasteiger partial charge in [-0.3, -0.25) is 14.7 Å². The second-order valence-corrected chi connectivity index (χ2v) is 5.53. The molecule has 1 atom stereocenters. The van der Waals surface area contributed by atoms with E-state index in [9.17, 15) is 9.59 Å². The van der Waals surface area contributed by atoms with Crippen molar-refractivity contribution in [2.24, 2.45) is 0 Å². The zero-order valence-corrected chi connectivity index (χ0v) is 12.0. The van der Waals surface area contributed by atoms with Gasteiger partial charge in [-0.25, -0.2) is 0 Å². The number of carbonyl (C=O) groups is 2. The Balaban J connectivity index is 1.98. The Morgan fingerprint density at radius 2 is 2.00 bits per heavy atom. The van der Waals surface area contributed by atoms with E-state index in [4.69, 9.17) is 5.73 Å². The third kappa shape index (κ3) is 3.09. The van der Waals surface area contributed by atoms with Crippen LogP contribution in [0.3, 0.4) is 0 Å². The number of nitrogen functional groups attached to an aromatic ring is 1. The molecule has 1 aromatic rings. The van der Waals surface area contributed by atoms with Crippen LogP contribution >= 0.6 is 0 Å². The van der Waals surface area contributed by atoms with Crippen molar-refractivity contribution in [1.82, 2.24) is 20.8 Å². The number of carbonyl (C=O) groups excluding carboxylic acids is 2. The van der Waals surface area contributed by atoms with E-state index in [0.717, 1.165) is 18.5 Å². The summed E-state index contributed by atoms with van der Waals surface area (Å²) >= 11 is 0. The number of aromatic nitrogens is 2. The van der Waals surface area contributed by atoms with Crippen molar-refractivity contribution in [3.8, 4) is 0 Å². The topological polar surface area (TPSA) is 113 Å². The molecule has 1 unspecified atom stereocenters. The maximum atomic E-state index is 12.1. The maximum absolute atomic E-state index is 12.1. The molecule has 20 heavy (non-hydrogen) atoms. The van der Waals surface area contributed by atoms with Gasteiger partial charge in [0.1, 0.15) is 6.04 Å². The molecule has 110 valence electrons. The van der Waals surface area contributed by atoms with Gasteiger partial charge in [0.15, 0.2) is 5.69 Å². The number of aromatic amines is 1. The SMILES string of the molecule is CC(NC(=O)c1n[nH]c(C(C)C)c1N)C(=O)NC1CC1. The largest absolute Gasteiger partial charge is 0.395 e. The van der Waals surface area contributed by atoms with E-state index in [1.807, 2.05) is 13.8 Å². The highest BCUT2D eigenvalue weighted by molar-refractivity contribution is 6.00. The molecule has 7 heteroatoms. The van der Waals surface area contributed by atoms with Crippen LogP contribution in [0.2, 0.25) is 0 Å². The third-order valence-corrected chi connectivity index (χ3v) is 3.29. The summed E-state index contributed by atoms with van der Waals surface area (Å²) in [6.07, 6.45) is 2.02. The molecule has 0 aromatic carbocycles. The molecule has 1 aliphatic carbocycles. The lowest BCUT2D eigenvalue weighted by molar-refractivity contribution is -0.122. The van der Waals surface area contributed by atoms with Crippen LogP contribution in [0.5, 0.6) is 0 Å². The summed E-state index contributed by atoms with van der Waals surface area (Å²) in [7, 11) is 0. The van der Waals surface area contributed by atoms with Crippen molar-refractivity contribution in [2.75, 3.05) is 5.73 Å². The minimum absolute atomic E-state index is 0.139. The van der Waals surface area contributed by atoms with Crippen LogP contribution in [0.4, 0.5) is 5.69 Å². The molecular formula is C13H21N5O2. The van der Waals surface area contributed by atoms with Crippen LogP contribution in [-0.4, -0.2) is 34.1 Å². The van der Waals surface area contributed by atoms with Crippen LogP contribution < -0.4 is 16.4 Å². The summed E-state index contributed by atoms with van der Waals surface area (Å²) < 4.78 is 0. The van der Waals surface area contributed by atoms with E-state index in [0.29, 0.717) is 5.69 Å². The van der Waals surface area contributed by atoms with E-state index in [1.165, 1.54) is 0 Å². The van der Waals surface area contributed by atoms with Gasteiger partial charge in [-0.15, -0.1) is 0 Å². The quantitative estimate of drug-likeness (QED) is 0.629. The first kappa shape index (κ1) is 14.4. The normalized spacial score (nSPS) is 16.0. The number of amides is 2. The standard InChI is InChI=1S/C13H21N5O2/c1-6(2)10-9(14)11(18-17-10)13(20)15-7(3)12(19)16-8-4-5-8/h6-8H,4-5,14H2,1-3H3,(H,15,20)(H,16,19)(H,17,18). The molecule has 5 N–H and O–H groups in total. The highest BCUT2D eigenvalue weighted by Crippen LogP contribution is 2.22. The molecule has 0 aliphatic heterocycles. The van der Waals surface area contributed by atoms with Gasteiger partial charge in [0, 0.05) is 6.04 Å². The lowest BCUT2D eigenvalue weighted by Crippen LogP contribution is -2.45. The van der Waals surface area contributed by atoms with Crippen molar-refractivity contribution in [2.45, 2.75) is 51.6 Å². The minimum atomic E-state index is -0.610. The van der Waals surface area contributed by atoms with Crippen LogP contribution in [0.15, 0.2) is 0 Å². The smallest absolute Gasteiger partial charge is 0.274 e. The van der Waals surface area contributed by atoms with E-state index in [2.05, 4.69) is 20.8 Å². The molecular weight excluding hydrogens is 258 g/mol. The van der Waals surface area contributed by atoms with Crippen LogP contribution in [0, 0.1) is 0 Å².